The minimum Gasteiger partial charge on any atom is -0.493 e. The lowest BCUT2D eigenvalue weighted by atomic mass is 9.66. The van der Waals surface area contributed by atoms with E-state index in [1.165, 1.54) is 6.92 Å². The third kappa shape index (κ3) is 6.77. The second-order valence-corrected chi connectivity index (χ2v) is 11.0. The van der Waals surface area contributed by atoms with Crippen LogP contribution in [0.5, 0.6) is 23.0 Å². The van der Waals surface area contributed by atoms with Gasteiger partial charge in [-0.2, -0.15) is 0 Å². The molecule has 1 aliphatic carbocycles. The van der Waals surface area contributed by atoms with Crippen molar-refractivity contribution in [2.24, 2.45) is 10.9 Å². The molecule has 1 unspecified atom stereocenters. The highest BCUT2D eigenvalue weighted by molar-refractivity contribution is 6.12. The Hall–Kier alpha value is -4.92. The second-order valence-electron chi connectivity index (χ2n) is 11.0. The number of ether oxygens (including phenoxy) is 5. The second kappa shape index (κ2) is 13.8. The molecule has 0 saturated heterocycles. The molecule has 9 heteroatoms. The van der Waals surface area contributed by atoms with Crippen LogP contribution in [0, 0.1) is 5.92 Å². The van der Waals surface area contributed by atoms with Crippen LogP contribution in [0.2, 0.25) is 0 Å². The third-order valence-corrected chi connectivity index (χ3v) is 8.15. The van der Waals surface area contributed by atoms with E-state index in [1.54, 1.807) is 39.3 Å². The van der Waals surface area contributed by atoms with Gasteiger partial charge >= 0.3 is 11.9 Å². The Morgan fingerprint density at radius 3 is 2.22 bits per heavy atom. The molecule has 1 fully saturated rings. The Bertz CT molecular complexity index is 1660. The number of hydrogen-bond donors (Lipinski definition) is 0. The maximum absolute atomic E-state index is 14.1. The molecule has 3 aromatic carbocycles. The van der Waals surface area contributed by atoms with Gasteiger partial charge in [0.15, 0.2) is 23.0 Å². The van der Waals surface area contributed by atoms with Gasteiger partial charge in [-0.05, 0) is 67.1 Å². The molecule has 1 aliphatic heterocycles. The molecule has 0 aromatic heterocycles. The van der Waals surface area contributed by atoms with Crippen molar-refractivity contribution in [1.82, 2.24) is 0 Å². The zero-order valence-corrected chi connectivity index (χ0v) is 26.1. The zero-order chi connectivity index (χ0) is 32.1. The number of rotatable bonds is 10. The summed E-state index contributed by atoms with van der Waals surface area (Å²) < 4.78 is 27.9. The summed E-state index contributed by atoms with van der Waals surface area (Å²) in [6.45, 7) is 5.32. The maximum atomic E-state index is 14.1. The number of allylic oxidation sites excluding steroid dienone is 1. The van der Waals surface area contributed by atoms with Crippen molar-refractivity contribution in [2.45, 2.75) is 52.1 Å². The van der Waals surface area contributed by atoms with Crippen LogP contribution in [-0.2, 0) is 25.7 Å². The summed E-state index contributed by atoms with van der Waals surface area (Å²) >= 11 is 0. The van der Waals surface area contributed by atoms with Gasteiger partial charge in [-0.15, -0.1) is 0 Å². The molecule has 1 saturated carbocycles. The molecular weight excluding hydrogens is 574 g/mol. The van der Waals surface area contributed by atoms with Crippen molar-refractivity contribution in [3.63, 3.8) is 0 Å². The SMILES string of the molecule is CCOc1cc([C@H]2C(C(=O)OCc3ccccc3)=C(C)N=C3C[C@@H](c4ccc(OC)c(OC)c4)CC(=O)C32)ccc1OC(C)=O. The van der Waals surface area contributed by atoms with Crippen molar-refractivity contribution >= 4 is 23.4 Å². The van der Waals surface area contributed by atoms with Gasteiger partial charge in [0, 0.05) is 30.7 Å². The molecule has 3 aromatic rings. The van der Waals surface area contributed by atoms with Crippen LogP contribution in [0.3, 0.4) is 0 Å². The number of carbonyl (C=O) groups is 3. The first-order chi connectivity index (χ1) is 21.7. The van der Waals surface area contributed by atoms with E-state index in [1.807, 2.05) is 55.5 Å². The Morgan fingerprint density at radius 1 is 0.844 bits per heavy atom. The lowest BCUT2D eigenvalue weighted by Crippen LogP contribution is -2.41. The average Bonchev–Trinajstić information content (AvgIpc) is 3.03. The lowest BCUT2D eigenvalue weighted by Gasteiger charge is -2.38. The van der Waals surface area contributed by atoms with Crippen LogP contribution in [0.25, 0.3) is 0 Å². The van der Waals surface area contributed by atoms with Gasteiger partial charge in [0.1, 0.15) is 12.4 Å². The van der Waals surface area contributed by atoms with Crippen LogP contribution in [0.4, 0.5) is 0 Å². The Morgan fingerprint density at radius 2 is 1.53 bits per heavy atom. The molecule has 2 aliphatic rings. The number of ketones is 1. The molecule has 0 radical (unpaired) electrons. The largest absolute Gasteiger partial charge is 0.493 e. The Kier molecular flexibility index (Phi) is 9.66. The highest BCUT2D eigenvalue weighted by Gasteiger charge is 2.46. The monoisotopic (exact) mass is 611 g/mol. The molecule has 0 N–H and O–H groups in total. The van der Waals surface area contributed by atoms with Crippen LogP contribution < -0.4 is 18.9 Å². The summed E-state index contributed by atoms with van der Waals surface area (Å²) in [7, 11) is 3.16. The predicted octanol–water partition coefficient (Wildman–Crippen LogP) is 6.35. The van der Waals surface area contributed by atoms with E-state index in [9.17, 15) is 14.4 Å². The number of hydrogen-bond acceptors (Lipinski definition) is 9. The van der Waals surface area contributed by atoms with E-state index in [4.69, 9.17) is 28.7 Å². The van der Waals surface area contributed by atoms with Gasteiger partial charge in [-0.1, -0.05) is 42.5 Å². The standard InChI is InChI=1S/C36H37NO8/c1-6-43-32-19-25(13-15-30(32)45-22(3)38)34-33(36(40)44-20-23-10-8-7-9-11-23)21(2)37-27-16-26(17-28(39)35(27)34)24-12-14-29(41-4)31(18-24)42-5/h7-15,18-19,26,34-35H,6,16-17,20H2,1-5H3/t26-,34+,35?/m1/s1. The summed E-state index contributed by atoms with van der Waals surface area (Å²) in [6.07, 6.45) is 0.779. The number of nitrogens with zero attached hydrogens (tertiary/aromatic N) is 1. The number of esters is 2. The fourth-order valence-corrected chi connectivity index (χ4v) is 6.17. The first kappa shape index (κ1) is 31.5. The third-order valence-electron chi connectivity index (χ3n) is 8.15. The molecule has 45 heavy (non-hydrogen) atoms. The minimum absolute atomic E-state index is 0.0346. The average molecular weight is 612 g/mol. The van der Waals surface area contributed by atoms with Gasteiger partial charge < -0.3 is 23.7 Å². The molecule has 0 amide bonds. The highest BCUT2D eigenvalue weighted by atomic mass is 16.6. The smallest absolute Gasteiger partial charge is 0.336 e. The zero-order valence-electron chi connectivity index (χ0n) is 26.1. The fourth-order valence-electron chi connectivity index (χ4n) is 6.17. The Labute approximate surface area is 262 Å². The highest BCUT2D eigenvalue weighted by Crippen LogP contribution is 2.48. The number of Topliss-reactive ketones (excluding diaryl/α,β-unsaturated/α-hetero) is 1. The summed E-state index contributed by atoms with van der Waals surface area (Å²) in [4.78, 5) is 44.6. The van der Waals surface area contributed by atoms with Gasteiger partial charge in [0.25, 0.3) is 0 Å². The minimum atomic E-state index is -0.682. The number of fused-ring (bicyclic) bond motifs is 1. The summed E-state index contributed by atoms with van der Waals surface area (Å²) in [6, 6.07) is 20.2. The van der Waals surface area contributed by atoms with E-state index < -0.39 is 23.8 Å². The quantitative estimate of drug-likeness (QED) is 0.193. The fraction of sp³-hybridized carbons (Fsp3) is 0.333. The van der Waals surface area contributed by atoms with Crippen molar-refractivity contribution in [2.75, 3.05) is 20.8 Å². The van der Waals surface area contributed by atoms with Crippen molar-refractivity contribution < 1.29 is 38.1 Å². The molecule has 5 rings (SSSR count). The molecule has 9 nitrogen and oxygen atoms in total. The summed E-state index contributed by atoms with van der Waals surface area (Å²) in [5.74, 6) is -0.749. The van der Waals surface area contributed by atoms with Crippen LogP contribution in [-0.4, -0.2) is 44.3 Å². The number of benzene rings is 3. The molecule has 3 atom stereocenters. The maximum Gasteiger partial charge on any atom is 0.336 e. The van der Waals surface area contributed by atoms with E-state index >= 15 is 0 Å². The molecule has 234 valence electrons. The first-order valence-electron chi connectivity index (χ1n) is 14.9. The molecule has 1 heterocycles. The number of carbonyl (C=O) groups excluding carboxylic acids is 3. The lowest BCUT2D eigenvalue weighted by molar-refractivity contribution is -0.141. The van der Waals surface area contributed by atoms with Crippen LogP contribution in [0.15, 0.2) is 83.0 Å². The summed E-state index contributed by atoms with van der Waals surface area (Å²) in [5.41, 5.74) is 3.97. The topological polar surface area (TPSA) is 110 Å². The van der Waals surface area contributed by atoms with E-state index in [0.29, 0.717) is 52.8 Å². The van der Waals surface area contributed by atoms with Crippen LogP contribution in [0.1, 0.15) is 62.1 Å². The van der Waals surface area contributed by atoms with Crippen molar-refractivity contribution in [3.05, 3.63) is 94.7 Å². The Balaban J connectivity index is 1.56. The van der Waals surface area contributed by atoms with E-state index in [0.717, 1.165) is 11.1 Å². The van der Waals surface area contributed by atoms with E-state index in [-0.39, 0.29) is 30.5 Å². The van der Waals surface area contributed by atoms with Gasteiger partial charge in [0.05, 0.1) is 32.3 Å². The van der Waals surface area contributed by atoms with Crippen LogP contribution >= 0.6 is 0 Å². The normalized spacial score (nSPS) is 19.3. The van der Waals surface area contributed by atoms with Gasteiger partial charge in [-0.3, -0.25) is 14.6 Å². The number of aliphatic imine (C=N–C) groups is 1. The van der Waals surface area contributed by atoms with Gasteiger partial charge in [-0.25, -0.2) is 4.79 Å². The predicted molar refractivity (Wildman–Crippen MR) is 168 cm³/mol. The van der Waals surface area contributed by atoms with Crippen molar-refractivity contribution in [1.29, 1.82) is 0 Å². The van der Waals surface area contributed by atoms with E-state index in [2.05, 4.69) is 0 Å². The molecular formula is C36H37NO8. The van der Waals surface area contributed by atoms with Crippen molar-refractivity contribution in [3.8, 4) is 23.0 Å². The number of methoxy groups -OCH3 is 2. The molecule has 0 bridgehead atoms. The van der Waals surface area contributed by atoms with Gasteiger partial charge in [0.2, 0.25) is 0 Å². The molecule has 0 spiro atoms. The summed E-state index contributed by atoms with van der Waals surface area (Å²) in [5, 5.41) is 0. The first-order valence-corrected chi connectivity index (χ1v) is 14.9.